The summed E-state index contributed by atoms with van der Waals surface area (Å²) in [6, 6.07) is -0.0201. The van der Waals surface area contributed by atoms with Crippen LogP contribution in [0.4, 0.5) is 0 Å². The van der Waals surface area contributed by atoms with Gasteiger partial charge in [0.25, 0.3) is 0 Å². The summed E-state index contributed by atoms with van der Waals surface area (Å²) in [4.78, 5) is 11.5. The van der Waals surface area contributed by atoms with Crippen LogP contribution in [-0.2, 0) is 14.3 Å². The van der Waals surface area contributed by atoms with E-state index in [0.717, 1.165) is 13.0 Å². The molecule has 0 saturated carbocycles. The number of methoxy groups -OCH3 is 1. The van der Waals surface area contributed by atoms with Crippen molar-refractivity contribution in [2.45, 2.75) is 59.5 Å². The number of carbonyl (C=O) groups excluding carboxylic acids is 1. The zero-order valence-corrected chi connectivity index (χ0v) is 12.7. The molecule has 1 atom stereocenters. The van der Waals surface area contributed by atoms with Gasteiger partial charge in [0.05, 0.1) is 7.11 Å². The quantitative estimate of drug-likeness (QED) is 0.537. The minimum atomic E-state index is -0.273. The summed E-state index contributed by atoms with van der Waals surface area (Å²) in [5.41, 5.74) is 0.290. The highest BCUT2D eigenvalue weighted by atomic mass is 16.5. The Morgan fingerprint density at radius 1 is 1.22 bits per heavy atom. The molecule has 0 aromatic rings. The summed E-state index contributed by atoms with van der Waals surface area (Å²) >= 11 is 0. The van der Waals surface area contributed by atoms with Gasteiger partial charge in [0.1, 0.15) is 6.04 Å². The van der Waals surface area contributed by atoms with Gasteiger partial charge in [0.2, 0.25) is 0 Å². The van der Waals surface area contributed by atoms with E-state index in [9.17, 15) is 4.79 Å². The Kier molecular flexibility index (Phi) is 8.20. The van der Waals surface area contributed by atoms with Gasteiger partial charge < -0.3 is 14.8 Å². The molecule has 0 spiro atoms. The Hall–Kier alpha value is -0.610. The number of rotatable bonds is 8. The average Bonchev–Trinajstić information content (AvgIpc) is 2.24. The topological polar surface area (TPSA) is 47.6 Å². The lowest BCUT2D eigenvalue weighted by Gasteiger charge is -2.20. The molecule has 0 aliphatic rings. The minimum Gasteiger partial charge on any atom is -0.468 e. The Labute approximate surface area is 111 Å². The lowest BCUT2D eigenvalue weighted by molar-refractivity contribution is -0.143. The van der Waals surface area contributed by atoms with Crippen molar-refractivity contribution in [1.82, 2.24) is 5.32 Å². The summed E-state index contributed by atoms with van der Waals surface area (Å²) in [7, 11) is 1.41. The molecule has 0 aromatic heterocycles. The molecule has 0 bridgehead atoms. The smallest absolute Gasteiger partial charge is 0.322 e. The summed E-state index contributed by atoms with van der Waals surface area (Å²) in [6.45, 7) is 11.9. The molecule has 108 valence electrons. The van der Waals surface area contributed by atoms with Crippen LogP contribution < -0.4 is 5.32 Å². The zero-order chi connectivity index (χ0) is 14.2. The molecule has 0 aliphatic heterocycles. The Bertz CT molecular complexity index is 234. The fourth-order valence-electron chi connectivity index (χ4n) is 1.50. The van der Waals surface area contributed by atoms with Crippen LogP contribution in [0.25, 0.3) is 0 Å². The van der Waals surface area contributed by atoms with Gasteiger partial charge in [-0.1, -0.05) is 34.6 Å². The molecule has 18 heavy (non-hydrogen) atoms. The van der Waals surface area contributed by atoms with Gasteiger partial charge in [0, 0.05) is 19.3 Å². The van der Waals surface area contributed by atoms with Crippen molar-refractivity contribution in [3.8, 4) is 0 Å². The first-order chi connectivity index (χ1) is 8.26. The molecule has 0 heterocycles. The van der Waals surface area contributed by atoms with Crippen LogP contribution in [0.15, 0.2) is 0 Å². The SMILES string of the molecule is COC(=O)C(CCOCCC(C)(C)C)NC(C)C. The highest BCUT2D eigenvalue weighted by Crippen LogP contribution is 2.17. The molecule has 0 aromatic carbocycles. The Morgan fingerprint density at radius 3 is 2.28 bits per heavy atom. The van der Waals surface area contributed by atoms with Crippen molar-refractivity contribution < 1.29 is 14.3 Å². The molecule has 0 fully saturated rings. The largest absolute Gasteiger partial charge is 0.468 e. The van der Waals surface area contributed by atoms with E-state index >= 15 is 0 Å². The van der Waals surface area contributed by atoms with Gasteiger partial charge in [-0.3, -0.25) is 4.79 Å². The van der Waals surface area contributed by atoms with E-state index in [2.05, 4.69) is 26.1 Å². The summed E-state index contributed by atoms with van der Waals surface area (Å²) in [5.74, 6) is -0.219. The highest BCUT2D eigenvalue weighted by molar-refractivity contribution is 5.75. The van der Waals surface area contributed by atoms with E-state index in [0.29, 0.717) is 13.0 Å². The van der Waals surface area contributed by atoms with Gasteiger partial charge in [-0.05, 0) is 18.3 Å². The monoisotopic (exact) mass is 259 g/mol. The molecule has 1 unspecified atom stereocenters. The predicted molar refractivity (Wildman–Crippen MR) is 73.6 cm³/mol. The second kappa shape index (κ2) is 8.48. The fraction of sp³-hybridized carbons (Fsp3) is 0.929. The van der Waals surface area contributed by atoms with E-state index < -0.39 is 0 Å². The van der Waals surface area contributed by atoms with Gasteiger partial charge in [-0.2, -0.15) is 0 Å². The van der Waals surface area contributed by atoms with Gasteiger partial charge in [0.15, 0.2) is 0 Å². The van der Waals surface area contributed by atoms with Gasteiger partial charge >= 0.3 is 5.97 Å². The third kappa shape index (κ3) is 9.42. The Balaban J connectivity index is 3.86. The van der Waals surface area contributed by atoms with Crippen LogP contribution >= 0.6 is 0 Å². The van der Waals surface area contributed by atoms with E-state index in [-0.39, 0.29) is 23.5 Å². The first-order valence-electron chi connectivity index (χ1n) is 6.68. The summed E-state index contributed by atoms with van der Waals surface area (Å²) in [6.07, 6.45) is 1.67. The molecule has 0 aliphatic carbocycles. The van der Waals surface area contributed by atoms with Crippen molar-refractivity contribution in [2.75, 3.05) is 20.3 Å². The second-order valence-electron chi connectivity index (χ2n) is 6.11. The van der Waals surface area contributed by atoms with Gasteiger partial charge in [-0.15, -0.1) is 0 Å². The first-order valence-corrected chi connectivity index (χ1v) is 6.68. The van der Waals surface area contributed by atoms with Crippen molar-refractivity contribution >= 4 is 5.97 Å². The standard InChI is InChI=1S/C14H29NO3/c1-11(2)15-12(13(16)17-6)7-9-18-10-8-14(3,4)5/h11-12,15H,7-10H2,1-6H3. The van der Waals surface area contributed by atoms with Crippen LogP contribution in [0.3, 0.4) is 0 Å². The van der Waals surface area contributed by atoms with E-state index in [4.69, 9.17) is 9.47 Å². The second-order valence-corrected chi connectivity index (χ2v) is 6.11. The predicted octanol–water partition coefficient (Wildman–Crippen LogP) is 2.37. The number of hydrogen-bond acceptors (Lipinski definition) is 4. The molecule has 0 saturated heterocycles. The van der Waals surface area contributed by atoms with Crippen molar-refractivity contribution in [2.24, 2.45) is 5.41 Å². The van der Waals surface area contributed by atoms with Gasteiger partial charge in [-0.25, -0.2) is 0 Å². The van der Waals surface area contributed by atoms with Crippen LogP contribution in [0, 0.1) is 5.41 Å². The van der Waals surface area contributed by atoms with Crippen LogP contribution in [0.5, 0.6) is 0 Å². The molecule has 1 N–H and O–H groups in total. The minimum absolute atomic E-state index is 0.219. The Morgan fingerprint density at radius 2 is 1.83 bits per heavy atom. The number of hydrogen-bond donors (Lipinski definition) is 1. The van der Waals surface area contributed by atoms with Crippen molar-refractivity contribution in [1.29, 1.82) is 0 Å². The van der Waals surface area contributed by atoms with Crippen LogP contribution in [0.1, 0.15) is 47.5 Å². The highest BCUT2D eigenvalue weighted by Gasteiger charge is 2.19. The molecular formula is C14H29NO3. The van der Waals surface area contributed by atoms with E-state index in [1.54, 1.807) is 0 Å². The summed E-state index contributed by atoms with van der Waals surface area (Å²) in [5, 5.41) is 3.18. The molecule has 0 radical (unpaired) electrons. The third-order valence-corrected chi connectivity index (χ3v) is 2.57. The molecule has 0 amide bonds. The summed E-state index contributed by atoms with van der Waals surface area (Å²) < 4.78 is 10.3. The van der Waals surface area contributed by atoms with Crippen LogP contribution in [-0.4, -0.2) is 38.4 Å². The molecule has 4 heteroatoms. The van der Waals surface area contributed by atoms with E-state index in [1.807, 2.05) is 13.8 Å². The maximum absolute atomic E-state index is 11.5. The third-order valence-electron chi connectivity index (χ3n) is 2.57. The number of esters is 1. The molecular weight excluding hydrogens is 230 g/mol. The van der Waals surface area contributed by atoms with E-state index in [1.165, 1.54) is 7.11 Å². The van der Waals surface area contributed by atoms with Crippen LogP contribution in [0.2, 0.25) is 0 Å². The van der Waals surface area contributed by atoms with Crippen molar-refractivity contribution in [3.05, 3.63) is 0 Å². The molecule has 4 nitrogen and oxygen atoms in total. The maximum Gasteiger partial charge on any atom is 0.322 e. The fourth-order valence-corrected chi connectivity index (χ4v) is 1.50. The number of nitrogens with one attached hydrogen (secondary N) is 1. The lowest BCUT2D eigenvalue weighted by Crippen LogP contribution is -2.42. The average molecular weight is 259 g/mol. The van der Waals surface area contributed by atoms with Crippen molar-refractivity contribution in [3.63, 3.8) is 0 Å². The zero-order valence-electron chi connectivity index (χ0n) is 12.7. The molecule has 0 rings (SSSR count). The lowest BCUT2D eigenvalue weighted by atomic mass is 9.93. The number of carbonyl (C=O) groups is 1. The number of ether oxygens (including phenoxy) is 2. The normalized spacial score (nSPS) is 13.7. The maximum atomic E-state index is 11.5. The first kappa shape index (κ1) is 17.4.